The van der Waals surface area contributed by atoms with Gasteiger partial charge in [0.2, 0.25) is 0 Å². The highest BCUT2D eigenvalue weighted by atomic mass is 79.9. The number of para-hydroxylation sites is 2. The van der Waals surface area contributed by atoms with Crippen molar-refractivity contribution >= 4 is 49.3 Å². The fraction of sp³-hybridized carbons (Fsp3) is 0. The Morgan fingerprint density at radius 3 is 2.19 bits per heavy atom. The third-order valence-electron chi connectivity index (χ3n) is 4.88. The summed E-state index contributed by atoms with van der Waals surface area (Å²) < 4.78 is 3.31. The molecule has 1 heterocycles. The van der Waals surface area contributed by atoms with Crippen LogP contribution in [0.1, 0.15) is 0 Å². The quantitative estimate of drug-likeness (QED) is 0.267. The number of rotatable bonds is 2. The van der Waals surface area contributed by atoms with E-state index in [1.165, 1.54) is 21.8 Å². The first-order valence-electron chi connectivity index (χ1n) is 8.76. The maximum atomic E-state index is 6.27. The first kappa shape index (κ1) is 16.6. The highest BCUT2D eigenvalue weighted by Crippen LogP contribution is 2.35. The Labute approximate surface area is 170 Å². The van der Waals surface area contributed by atoms with Crippen LogP contribution in [0.4, 0.5) is 0 Å². The van der Waals surface area contributed by atoms with E-state index in [1.807, 2.05) is 18.2 Å². The Morgan fingerprint density at radius 2 is 1.37 bits per heavy atom. The third kappa shape index (κ3) is 2.86. The number of hydrogen-bond donors (Lipinski definition) is 0. The predicted octanol–water partition coefficient (Wildman–Crippen LogP) is 7.87. The molecule has 0 aliphatic heterocycles. The lowest BCUT2D eigenvalue weighted by Crippen LogP contribution is -1.93. The van der Waals surface area contributed by atoms with Gasteiger partial charge < -0.3 is 4.57 Å². The van der Waals surface area contributed by atoms with E-state index in [-0.39, 0.29) is 0 Å². The van der Waals surface area contributed by atoms with Crippen LogP contribution in [-0.4, -0.2) is 4.57 Å². The molecule has 0 saturated heterocycles. The summed E-state index contributed by atoms with van der Waals surface area (Å²) in [6.45, 7) is 0. The van der Waals surface area contributed by atoms with Crippen molar-refractivity contribution in [2.75, 3.05) is 0 Å². The van der Waals surface area contributed by atoms with Gasteiger partial charge in [-0.15, -0.1) is 0 Å². The number of fused-ring (bicyclic) bond motifs is 3. The normalized spacial score (nSPS) is 11.3. The second-order valence-corrected chi connectivity index (χ2v) is 7.93. The van der Waals surface area contributed by atoms with Crippen LogP contribution in [0.3, 0.4) is 0 Å². The predicted molar refractivity (Wildman–Crippen MR) is 119 cm³/mol. The molecule has 5 rings (SSSR count). The minimum absolute atomic E-state index is 0.725. The fourth-order valence-electron chi connectivity index (χ4n) is 3.73. The second-order valence-electron chi connectivity index (χ2n) is 6.58. The van der Waals surface area contributed by atoms with Gasteiger partial charge >= 0.3 is 0 Å². The van der Waals surface area contributed by atoms with Gasteiger partial charge in [0.05, 0.1) is 11.0 Å². The molecule has 0 aliphatic carbocycles. The average molecular weight is 433 g/mol. The van der Waals surface area contributed by atoms with Crippen molar-refractivity contribution < 1.29 is 0 Å². The van der Waals surface area contributed by atoms with E-state index in [0.717, 1.165) is 26.3 Å². The van der Waals surface area contributed by atoms with Gasteiger partial charge in [-0.25, -0.2) is 0 Å². The molecule has 0 unspecified atom stereocenters. The molecule has 0 spiro atoms. The zero-order valence-corrected chi connectivity index (χ0v) is 16.7. The van der Waals surface area contributed by atoms with Gasteiger partial charge in [-0.05, 0) is 53.6 Å². The minimum atomic E-state index is 0.725. The lowest BCUT2D eigenvalue weighted by atomic mass is 10.0. The van der Waals surface area contributed by atoms with E-state index < -0.39 is 0 Å². The largest absolute Gasteiger partial charge is 0.309 e. The monoisotopic (exact) mass is 431 g/mol. The van der Waals surface area contributed by atoms with Crippen molar-refractivity contribution in [1.82, 2.24) is 4.57 Å². The molecule has 1 nitrogen and oxygen atoms in total. The first-order chi connectivity index (χ1) is 13.2. The van der Waals surface area contributed by atoms with E-state index in [4.69, 9.17) is 11.6 Å². The van der Waals surface area contributed by atoms with Crippen molar-refractivity contribution in [3.8, 4) is 16.8 Å². The molecule has 0 bridgehead atoms. The summed E-state index contributed by atoms with van der Waals surface area (Å²) >= 11 is 9.82. The molecule has 0 fully saturated rings. The molecule has 0 amide bonds. The Hall–Kier alpha value is -2.55. The van der Waals surface area contributed by atoms with E-state index in [0.29, 0.717) is 0 Å². The zero-order valence-electron chi connectivity index (χ0n) is 14.4. The molecule has 1 aromatic heterocycles. The van der Waals surface area contributed by atoms with Crippen molar-refractivity contribution in [3.05, 3.63) is 100 Å². The lowest BCUT2D eigenvalue weighted by molar-refractivity contribution is 1.18. The van der Waals surface area contributed by atoms with Gasteiger partial charge in [0, 0.05) is 26.0 Å². The number of aromatic nitrogens is 1. The summed E-state index contributed by atoms with van der Waals surface area (Å²) in [7, 11) is 0. The van der Waals surface area contributed by atoms with E-state index in [1.54, 1.807) is 0 Å². The van der Waals surface area contributed by atoms with Crippen molar-refractivity contribution in [2.45, 2.75) is 0 Å². The lowest BCUT2D eigenvalue weighted by Gasteiger charge is -2.09. The Morgan fingerprint density at radius 1 is 0.630 bits per heavy atom. The molecule has 0 atom stereocenters. The summed E-state index contributed by atoms with van der Waals surface area (Å²) in [6, 6.07) is 31.7. The summed E-state index contributed by atoms with van der Waals surface area (Å²) in [5.74, 6) is 0. The topological polar surface area (TPSA) is 4.93 Å². The molecule has 0 saturated carbocycles. The molecule has 0 radical (unpaired) electrons. The smallest absolute Gasteiger partial charge is 0.0547 e. The van der Waals surface area contributed by atoms with Gasteiger partial charge in [-0.2, -0.15) is 0 Å². The number of halogens is 2. The molecule has 5 aromatic rings. The average Bonchev–Trinajstić information content (AvgIpc) is 3.01. The van der Waals surface area contributed by atoms with Crippen LogP contribution < -0.4 is 0 Å². The standard InChI is InChI=1S/C24H15BrClN/c25-18-12-17(13-19(26)15-18)16-10-11-22-21-8-4-5-9-23(21)27(24(22)14-16)20-6-2-1-3-7-20/h1-15H. The molecule has 130 valence electrons. The molecule has 27 heavy (non-hydrogen) atoms. The second kappa shape index (κ2) is 6.56. The van der Waals surface area contributed by atoms with Crippen LogP contribution in [0.25, 0.3) is 38.6 Å². The highest BCUT2D eigenvalue weighted by Gasteiger charge is 2.13. The van der Waals surface area contributed by atoms with Crippen LogP contribution in [0.15, 0.2) is 95.5 Å². The van der Waals surface area contributed by atoms with Gasteiger partial charge in [0.15, 0.2) is 0 Å². The molecular formula is C24H15BrClN. The van der Waals surface area contributed by atoms with Crippen LogP contribution in [0.2, 0.25) is 5.02 Å². The molecule has 3 heteroatoms. The van der Waals surface area contributed by atoms with Crippen LogP contribution in [0, 0.1) is 0 Å². The van der Waals surface area contributed by atoms with Crippen molar-refractivity contribution in [3.63, 3.8) is 0 Å². The van der Waals surface area contributed by atoms with Crippen molar-refractivity contribution in [2.24, 2.45) is 0 Å². The maximum absolute atomic E-state index is 6.27. The fourth-order valence-corrected chi connectivity index (χ4v) is 4.59. The molecule has 0 aliphatic rings. The number of hydrogen-bond acceptors (Lipinski definition) is 0. The maximum Gasteiger partial charge on any atom is 0.0547 e. The molecule has 0 N–H and O–H groups in total. The van der Waals surface area contributed by atoms with E-state index in [2.05, 4.69) is 93.3 Å². The van der Waals surface area contributed by atoms with Gasteiger partial charge in [0.25, 0.3) is 0 Å². The SMILES string of the molecule is Clc1cc(Br)cc(-c2ccc3c4ccccc4n(-c4ccccc4)c3c2)c1. The Kier molecular flexibility index (Phi) is 4.04. The molecule has 4 aromatic carbocycles. The first-order valence-corrected chi connectivity index (χ1v) is 9.93. The molecular weight excluding hydrogens is 418 g/mol. The van der Waals surface area contributed by atoms with Gasteiger partial charge in [-0.3, -0.25) is 0 Å². The Bertz CT molecular complexity index is 1270. The summed E-state index contributed by atoms with van der Waals surface area (Å²) in [5.41, 5.74) is 5.80. The van der Waals surface area contributed by atoms with Crippen LogP contribution in [-0.2, 0) is 0 Å². The van der Waals surface area contributed by atoms with Crippen LogP contribution in [0.5, 0.6) is 0 Å². The van der Waals surface area contributed by atoms with Crippen LogP contribution >= 0.6 is 27.5 Å². The van der Waals surface area contributed by atoms with Gasteiger partial charge in [0.1, 0.15) is 0 Å². The van der Waals surface area contributed by atoms with Crippen molar-refractivity contribution in [1.29, 1.82) is 0 Å². The van der Waals surface area contributed by atoms with E-state index in [9.17, 15) is 0 Å². The highest BCUT2D eigenvalue weighted by molar-refractivity contribution is 9.10. The summed E-state index contributed by atoms with van der Waals surface area (Å²) in [4.78, 5) is 0. The van der Waals surface area contributed by atoms with E-state index >= 15 is 0 Å². The number of nitrogens with zero attached hydrogens (tertiary/aromatic N) is 1. The zero-order chi connectivity index (χ0) is 18.4. The summed E-state index contributed by atoms with van der Waals surface area (Å²) in [6.07, 6.45) is 0. The van der Waals surface area contributed by atoms with Gasteiger partial charge in [-0.1, -0.05) is 76.1 Å². The summed E-state index contributed by atoms with van der Waals surface area (Å²) in [5, 5.41) is 3.23. The Balaban J connectivity index is 1.85. The number of benzene rings is 4. The third-order valence-corrected chi connectivity index (χ3v) is 5.56. The minimum Gasteiger partial charge on any atom is -0.309 e.